The van der Waals surface area contributed by atoms with Gasteiger partial charge in [0.05, 0.1) is 0 Å². The zero-order valence-corrected chi connectivity index (χ0v) is 14.3. The van der Waals surface area contributed by atoms with E-state index in [-0.39, 0.29) is 5.04 Å². The Bertz CT molecular complexity index is 517. The van der Waals surface area contributed by atoms with Crippen LogP contribution in [0.25, 0.3) is 0 Å². The predicted molar refractivity (Wildman–Crippen MR) is 82.9 cm³/mol. The SMILES string of the molecule is CC1(O)c2ccccc2C[C@]1(O)O[Si](C)(C)C(C)(C)C. The molecule has 1 unspecified atom stereocenters. The van der Waals surface area contributed by atoms with E-state index in [0.717, 1.165) is 11.1 Å². The van der Waals surface area contributed by atoms with Gasteiger partial charge in [-0.05, 0) is 36.2 Å². The van der Waals surface area contributed by atoms with E-state index in [0.29, 0.717) is 6.42 Å². The smallest absolute Gasteiger partial charge is 0.196 e. The zero-order valence-electron chi connectivity index (χ0n) is 13.3. The highest BCUT2D eigenvalue weighted by atomic mass is 28.4. The topological polar surface area (TPSA) is 49.7 Å². The highest BCUT2D eigenvalue weighted by molar-refractivity contribution is 6.74. The fourth-order valence-electron chi connectivity index (χ4n) is 2.50. The monoisotopic (exact) mass is 294 g/mol. The summed E-state index contributed by atoms with van der Waals surface area (Å²) < 4.78 is 6.19. The summed E-state index contributed by atoms with van der Waals surface area (Å²) in [6.45, 7) is 12.2. The van der Waals surface area contributed by atoms with Crippen LogP contribution >= 0.6 is 0 Å². The van der Waals surface area contributed by atoms with Crippen molar-refractivity contribution in [1.82, 2.24) is 0 Å². The van der Waals surface area contributed by atoms with Gasteiger partial charge in [0.25, 0.3) is 0 Å². The molecule has 0 saturated carbocycles. The number of rotatable bonds is 2. The Kier molecular flexibility index (Phi) is 3.46. The summed E-state index contributed by atoms with van der Waals surface area (Å²) in [7, 11) is -2.18. The maximum Gasteiger partial charge on any atom is 0.196 e. The lowest BCUT2D eigenvalue weighted by atomic mass is 9.94. The lowest BCUT2D eigenvalue weighted by Crippen LogP contribution is -2.57. The van der Waals surface area contributed by atoms with Gasteiger partial charge >= 0.3 is 0 Å². The Morgan fingerprint density at radius 1 is 1.15 bits per heavy atom. The fourth-order valence-corrected chi connectivity index (χ4v) is 3.92. The second-order valence-electron chi connectivity index (χ2n) is 7.55. The molecule has 2 N–H and O–H groups in total. The summed E-state index contributed by atoms with van der Waals surface area (Å²) in [6.07, 6.45) is 0.336. The molecule has 0 radical (unpaired) electrons. The highest BCUT2D eigenvalue weighted by Crippen LogP contribution is 2.49. The molecule has 0 amide bonds. The molecule has 0 aromatic heterocycles. The standard InChI is InChI=1S/C16H26O3Si/c1-14(2,3)20(5,6)19-16(18)11-12-9-7-8-10-13(12)15(16,4)17/h7-10,17-18H,11H2,1-6H3/t15?,16-/m0/s1. The predicted octanol–water partition coefficient (Wildman–Crippen LogP) is 3.16. The summed E-state index contributed by atoms with van der Waals surface area (Å²) in [4.78, 5) is 0. The van der Waals surface area contributed by atoms with Crippen molar-refractivity contribution in [2.75, 3.05) is 0 Å². The van der Waals surface area contributed by atoms with E-state index in [1.807, 2.05) is 24.3 Å². The van der Waals surface area contributed by atoms with Gasteiger partial charge in [-0.1, -0.05) is 45.0 Å². The van der Waals surface area contributed by atoms with Gasteiger partial charge in [0, 0.05) is 6.42 Å². The van der Waals surface area contributed by atoms with Gasteiger partial charge in [0.15, 0.2) is 14.1 Å². The second kappa shape index (κ2) is 4.40. The minimum Gasteiger partial charge on any atom is -0.387 e. The highest BCUT2D eigenvalue weighted by Gasteiger charge is 2.58. The lowest BCUT2D eigenvalue weighted by molar-refractivity contribution is -0.252. The van der Waals surface area contributed by atoms with Gasteiger partial charge < -0.3 is 14.6 Å². The van der Waals surface area contributed by atoms with Gasteiger partial charge in [-0.2, -0.15) is 0 Å². The van der Waals surface area contributed by atoms with E-state index < -0.39 is 19.7 Å². The molecule has 0 fully saturated rings. The summed E-state index contributed by atoms with van der Waals surface area (Å²) in [6, 6.07) is 7.61. The first-order chi connectivity index (χ1) is 8.91. The van der Waals surface area contributed by atoms with Crippen molar-refractivity contribution in [2.24, 2.45) is 0 Å². The normalized spacial score (nSPS) is 30.4. The van der Waals surface area contributed by atoms with E-state index >= 15 is 0 Å². The first kappa shape index (κ1) is 15.7. The molecule has 0 spiro atoms. The third kappa shape index (κ3) is 2.25. The van der Waals surface area contributed by atoms with Gasteiger partial charge in [0.2, 0.25) is 0 Å². The summed E-state index contributed by atoms with van der Waals surface area (Å²) in [5.41, 5.74) is 0.346. The van der Waals surface area contributed by atoms with Crippen molar-refractivity contribution in [3.8, 4) is 0 Å². The molecular weight excluding hydrogens is 268 g/mol. The van der Waals surface area contributed by atoms with E-state index in [2.05, 4.69) is 33.9 Å². The molecule has 1 aliphatic carbocycles. The maximum absolute atomic E-state index is 11.0. The van der Waals surface area contributed by atoms with Crippen LogP contribution in [0.15, 0.2) is 24.3 Å². The van der Waals surface area contributed by atoms with Crippen LogP contribution in [0.4, 0.5) is 0 Å². The molecule has 0 aliphatic heterocycles. The molecule has 0 heterocycles. The van der Waals surface area contributed by atoms with Crippen molar-refractivity contribution < 1.29 is 14.6 Å². The molecule has 3 nitrogen and oxygen atoms in total. The van der Waals surface area contributed by atoms with Gasteiger partial charge in [-0.25, -0.2) is 0 Å². The molecule has 1 aliphatic rings. The summed E-state index contributed by atoms with van der Waals surface area (Å²) >= 11 is 0. The average molecular weight is 294 g/mol. The first-order valence-corrected chi connectivity index (χ1v) is 10.0. The Labute approximate surface area is 122 Å². The quantitative estimate of drug-likeness (QED) is 0.651. The fraction of sp³-hybridized carbons (Fsp3) is 0.625. The number of aliphatic hydroxyl groups is 2. The molecular formula is C16H26O3Si. The maximum atomic E-state index is 11.0. The van der Waals surface area contributed by atoms with Crippen LogP contribution in [0.1, 0.15) is 38.8 Å². The van der Waals surface area contributed by atoms with Crippen molar-refractivity contribution >= 4 is 8.32 Å². The van der Waals surface area contributed by atoms with Crippen LogP contribution in [-0.2, 0) is 16.4 Å². The summed E-state index contributed by atoms with van der Waals surface area (Å²) in [5.74, 6) is -1.54. The third-order valence-corrected chi connectivity index (χ3v) is 9.42. The molecule has 0 saturated heterocycles. The van der Waals surface area contributed by atoms with Crippen LogP contribution in [0, 0.1) is 0 Å². The largest absolute Gasteiger partial charge is 0.387 e. The van der Waals surface area contributed by atoms with Gasteiger partial charge in [0.1, 0.15) is 5.60 Å². The number of fused-ring (bicyclic) bond motifs is 1. The lowest BCUT2D eigenvalue weighted by Gasteiger charge is -2.46. The van der Waals surface area contributed by atoms with Crippen LogP contribution in [0.5, 0.6) is 0 Å². The van der Waals surface area contributed by atoms with Crippen molar-refractivity contribution in [3.63, 3.8) is 0 Å². The Balaban J connectivity index is 2.39. The Morgan fingerprint density at radius 3 is 2.20 bits per heavy atom. The molecule has 2 atom stereocenters. The van der Waals surface area contributed by atoms with Crippen LogP contribution in [-0.4, -0.2) is 24.3 Å². The minimum absolute atomic E-state index is 0.0203. The van der Waals surface area contributed by atoms with E-state index in [1.165, 1.54) is 0 Å². The van der Waals surface area contributed by atoms with E-state index in [4.69, 9.17) is 4.43 Å². The number of hydrogen-bond donors (Lipinski definition) is 2. The minimum atomic E-state index is -2.18. The Hall–Kier alpha value is -0.683. The van der Waals surface area contributed by atoms with Gasteiger partial charge in [-0.3, -0.25) is 0 Å². The average Bonchev–Trinajstić information content (AvgIpc) is 2.45. The zero-order chi connectivity index (χ0) is 15.4. The van der Waals surface area contributed by atoms with E-state index in [9.17, 15) is 10.2 Å². The molecule has 112 valence electrons. The van der Waals surface area contributed by atoms with Crippen LogP contribution in [0.3, 0.4) is 0 Å². The second-order valence-corrected chi connectivity index (χ2v) is 12.3. The molecule has 20 heavy (non-hydrogen) atoms. The van der Waals surface area contributed by atoms with Crippen molar-refractivity contribution in [1.29, 1.82) is 0 Å². The molecule has 2 rings (SSSR count). The summed E-state index contributed by atoms with van der Waals surface area (Å²) in [5, 5.41) is 21.8. The molecule has 0 bridgehead atoms. The van der Waals surface area contributed by atoms with Crippen LogP contribution in [0.2, 0.25) is 18.1 Å². The van der Waals surface area contributed by atoms with Crippen molar-refractivity contribution in [3.05, 3.63) is 35.4 Å². The van der Waals surface area contributed by atoms with E-state index in [1.54, 1.807) is 6.92 Å². The Morgan fingerprint density at radius 2 is 1.70 bits per heavy atom. The van der Waals surface area contributed by atoms with Crippen molar-refractivity contribution in [2.45, 2.75) is 63.6 Å². The molecule has 4 heteroatoms. The number of benzene rings is 1. The first-order valence-electron chi connectivity index (χ1n) is 7.14. The molecule has 1 aromatic rings. The van der Waals surface area contributed by atoms with Gasteiger partial charge in [-0.15, -0.1) is 0 Å². The number of hydrogen-bond acceptors (Lipinski definition) is 3. The third-order valence-electron chi connectivity index (χ3n) is 4.96. The van der Waals surface area contributed by atoms with Crippen LogP contribution < -0.4 is 0 Å². The molecule has 1 aromatic carbocycles.